The number of anilines is 1. The van der Waals surface area contributed by atoms with Crippen LogP contribution in [0.25, 0.3) is 0 Å². The number of carbonyl (C=O) groups excluding carboxylic acids is 1. The predicted octanol–water partition coefficient (Wildman–Crippen LogP) is 4.47. The van der Waals surface area contributed by atoms with Crippen molar-refractivity contribution in [3.63, 3.8) is 0 Å². The smallest absolute Gasteiger partial charge is 0.261 e. The molecule has 7 heteroatoms. The highest BCUT2D eigenvalue weighted by Crippen LogP contribution is 2.20. The van der Waals surface area contributed by atoms with Crippen LogP contribution in [0.4, 0.5) is 5.69 Å². The van der Waals surface area contributed by atoms with Crippen LogP contribution >= 0.6 is 0 Å². The second-order valence-electron chi connectivity index (χ2n) is 7.24. The molecule has 1 amide bonds. The van der Waals surface area contributed by atoms with E-state index in [1.54, 1.807) is 42.3 Å². The van der Waals surface area contributed by atoms with Gasteiger partial charge in [-0.2, -0.15) is 0 Å². The average Bonchev–Trinajstić information content (AvgIpc) is 2.73. The quantitative estimate of drug-likeness (QED) is 0.563. The van der Waals surface area contributed by atoms with Gasteiger partial charge in [-0.1, -0.05) is 30.3 Å². The highest BCUT2D eigenvalue weighted by atomic mass is 32.2. The number of carbonyl (C=O) groups is 1. The first-order chi connectivity index (χ1) is 14.8. The van der Waals surface area contributed by atoms with Gasteiger partial charge in [0.05, 0.1) is 11.5 Å². The van der Waals surface area contributed by atoms with Crippen molar-refractivity contribution in [3.8, 4) is 5.75 Å². The van der Waals surface area contributed by atoms with Crippen molar-refractivity contribution >= 4 is 21.6 Å². The van der Waals surface area contributed by atoms with E-state index in [0.717, 1.165) is 16.9 Å². The predicted molar refractivity (Wildman–Crippen MR) is 122 cm³/mol. The second kappa shape index (κ2) is 9.66. The van der Waals surface area contributed by atoms with Gasteiger partial charge in [0.1, 0.15) is 5.75 Å². The standard InChI is InChI=1S/C24H26N2O4S/c1-4-30-22-12-6-9-19(15-22)17-26(3)24(27)20-10-7-13-23(16-20)31(28,29)25-21-11-5-8-18(2)14-21/h5-16,25H,4,17H2,1-3H3. The van der Waals surface area contributed by atoms with Gasteiger partial charge in [0, 0.05) is 24.8 Å². The Morgan fingerprint density at radius 3 is 2.48 bits per heavy atom. The Hall–Kier alpha value is -3.32. The number of rotatable bonds is 8. The van der Waals surface area contributed by atoms with E-state index in [4.69, 9.17) is 4.74 Å². The molecule has 0 heterocycles. The highest BCUT2D eigenvalue weighted by Gasteiger charge is 2.18. The molecule has 0 aliphatic rings. The molecule has 0 atom stereocenters. The summed E-state index contributed by atoms with van der Waals surface area (Å²) in [6.07, 6.45) is 0. The molecule has 0 unspecified atom stereocenters. The number of hydrogen-bond acceptors (Lipinski definition) is 4. The van der Waals surface area contributed by atoms with Crippen LogP contribution in [0.15, 0.2) is 77.7 Å². The lowest BCUT2D eigenvalue weighted by molar-refractivity contribution is 0.0784. The van der Waals surface area contributed by atoms with Crippen molar-refractivity contribution in [1.29, 1.82) is 0 Å². The molecule has 0 fully saturated rings. The van der Waals surface area contributed by atoms with Crippen molar-refractivity contribution < 1.29 is 17.9 Å². The lowest BCUT2D eigenvalue weighted by Gasteiger charge is -2.18. The van der Waals surface area contributed by atoms with Crippen LogP contribution in [-0.2, 0) is 16.6 Å². The Bertz CT molecular complexity index is 1180. The molecule has 3 aromatic carbocycles. The third-order valence-electron chi connectivity index (χ3n) is 4.64. The Morgan fingerprint density at radius 2 is 1.74 bits per heavy atom. The normalized spacial score (nSPS) is 11.1. The van der Waals surface area contributed by atoms with Crippen LogP contribution in [0.2, 0.25) is 0 Å². The van der Waals surface area contributed by atoms with E-state index < -0.39 is 10.0 Å². The summed E-state index contributed by atoms with van der Waals surface area (Å²) < 4.78 is 33.7. The molecule has 1 N–H and O–H groups in total. The van der Waals surface area contributed by atoms with Crippen molar-refractivity contribution in [1.82, 2.24) is 4.90 Å². The van der Waals surface area contributed by atoms with Gasteiger partial charge < -0.3 is 9.64 Å². The monoisotopic (exact) mass is 438 g/mol. The van der Waals surface area contributed by atoms with E-state index in [1.807, 2.05) is 44.2 Å². The summed E-state index contributed by atoms with van der Waals surface area (Å²) in [6, 6.07) is 20.7. The maximum atomic E-state index is 12.9. The summed E-state index contributed by atoms with van der Waals surface area (Å²) in [6.45, 7) is 4.74. The molecular weight excluding hydrogens is 412 g/mol. The number of nitrogens with zero attached hydrogens (tertiary/aromatic N) is 1. The zero-order valence-electron chi connectivity index (χ0n) is 17.8. The van der Waals surface area contributed by atoms with Gasteiger partial charge in [-0.05, 0) is 67.4 Å². The fraction of sp³-hybridized carbons (Fsp3) is 0.208. The third-order valence-corrected chi connectivity index (χ3v) is 6.02. The first-order valence-electron chi connectivity index (χ1n) is 9.95. The number of benzene rings is 3. The average molecular weight is 439 g/mol. The van der Waals surface area contributed by atoms with Crippen molar-refractivity contribution in [2.24, 2.45) is 0 Å². The first kappa shape index (κ1) is 22.4. The molecule has 0 bridgehead atoms. The zero-order chi connectivity index (χ0) is 22.4. The molecule has 0 spiro atoms. The number of amides is 1. The molecule has 3 aromatic rings. The SMILES string of the molecule is CCOc1cccc(CN(C)C(=O)c2cccc(S(=O)(=O)Nc3cccc(C)c3)c2)c1. The van der Waals surface area contributed by atoms with E-state index in [9.17, 15) is 13.2 Å². The van der Waals surface area contributed by atoms with E-state index >= 15 is 0 Å². The number of nitrogens with one attached hydrogen (secondary N) is 1. The minimum Gasteiger partial charge on any atom is -0.494 e. The molecular formula is C24H26N2O4S. The topological polar surface area (TPSA) is 75.7 Å². The molecule has 31 heavy (non-hydrogen) atoms. The molecule has 0 saturated carbocycles. The van der Waals surface area contributed by atoms with Gasteiger partial charge in [-0.25, -0.2) is 8.42 Å². The van der Waals surface area contributed by atoms with E-state index in [-0.39, 0.29) is 10.8 Å². The molecule has 162 valence electrons. The Labute approximate surface area is 183 Å². The Kier molecular flexibility index (Phi) is 6.97. The van der Waals surface area contributed by atoms with Crippen LogP contribution in [0.1, 0.15) is 28.4 Å². The molecule has 0 saturated heterocycles. The van der Waals surface area contributed by atoms with Crippen molar-refractivity contribution in [2.75, 3.05) is 18.4 Å². The van der Waals surface area contributed by atoms with E-state index in [0.29, 0.717) is 24.4 Å². The molecule has 6 nitrogen and oxygen atoms in total. The summed E-state index contributed by atoms with van der Waals surface area (Å²) in [4.78, 5) is 14.5. The lowest BCUT2D eigenvalue weighted by atomic mass is 10.1. The van der Waals surface area contributed by atoms with Crippen LogP contribution in [0.5, 0.6) is 5.75 Å². The van der Waals surface area contributed by atoms with E-state index in [2.05, 4.69) is 4.72 Å². The van der Waals surface area contributed by atoms with Crippen LogP contribution in [0, 0.1) is 6.92 Å². The van der Waals surface area contributed by atoms with E-state index in [1.165, 1.54) is 12.1 Å². The van der Waals surface area contributed by atoms with Gasteiger partial charge in [-0.15, -0.1) is 0 Å². The van der Waals surface area contributed by atoms with Gasteiger partial charge >= 0.3 is 0 Å². The third kappa shape index (κ3) is 5.86. The van der Waals surface area contributed by atoms with Crippen LogP contribution in [0.3, 0.4) is 0 Å². The second-order valence-corrected chi connectivity index (χ2v) is 8.93. The number of aryl methyl sites for hydroxylation is 1. The van der Waals surface area contributed by atoms with Crippen molar-refractivity contribution in [3.05, 3.63) is 89.5 Å². The fourth-order valence-corrected chi connectivity index (χ4v) is 4.28. The first-order valence-corrected chi connectivity index (χ1v) is 11.4. The summed E-state index contributed by atoms with van der Waals surface area (Å²) in [5, 5.41) is 0. The molecule has 0 aromatic heterocycles. The zero-order valence-corrected chi connectivity index (χ0v) is 18.6. The number of sulfonamides is 1. The molecule has 3 rings (SSSR count). The number of ether oxygens (including phenoxy) is 1. The largest absolute Gasteiger partial charge is 0.494 e. The minimum atomic E-state index is -3.82. The van der Waals surface area contributed by atoms with Gasteiger partial charge in [0.15, 0.2) is 0 Å². The summed E-state index contributed by atoms with van der Waals surface area (Å²) in [7, 11) is -2.14. The number of hydrogen-bond donors (Lipinski definition) is 1. The van der Waals surface area contributed by atoms with Crippen LogP contribution in [-0.4, -0.2) is 32.9 Å². The fourth-order valence-electron chi connectivity index (χ4n) is 3.19. The van der Waals surface area contributed by atoms with Gasteiger partial charge in [-0.3, -0.25) is 9.52 Å². The summed E-state index contributed by atoms with van der Waals surface area (Å²) in [5.74, 6) is 0.477. The summed E-state index contributed by atoms with van der Waals surface area (Å²) >= 11 is 0. The van der Waals surface area contributed by atoms with Crippen LogP contribution < -0.4 is 9.46 Å². The Balaban J connectivity index is 1.77. The summed E-state index contributed by atoms with van der Waals surface area (Å²) in [5.41, 5.74) is 2.64. The highest BCUT2D eigenvalue weighted by molar-refractivity contribution is 7.92. The van der Waals surface area contributed by atoms with Gasteiger partial charge in [0.25, 0.3) is 15.9 Å². The minimum absolute atomic E-state index is 0.0339. The molecule has 0 aliphatic carbocycles. The molecule has 0 aliphatic heterocycles. The Morgan fingerprint density at radius 1 is 1.00 bits per heavy atom. The maximum Gasteiger partial charge on any atom is 0.261 e. The van der Waals surface area contributed by atoms with Gasteiger partial charge in [0.2, 0.25) is 0 Å². The van der Waals surface area contributed by atoms with Crippen molar-refractivity contribution in [2.45, 2.75) is 25.3 Å². The lowest BCUT2D eigenvalue weighted by Crippen LogP contribution is -2.26. The maximum absolute atomic E-state index is 12.9. The molecule has 0 radical (unpaired) electrons.